The third-order valence-electron chi connectivity index (χ3n) is 2.20. The number of anilines is 1. The maximum Gasteiger partial charge on any atom is 0.346 e. The van der Waals surface area contributed by atoms with Gasteiger partial charge in [0.2, 0.25) is 5.82 Å². The minimum atomic E-state index is -0.575. The molecule has 0 bridgehead atoms. The molecule has 0 aliphatic heterocycles. The Morgan fingerprint density at radius 3 is 2.50 bits per heavy atom. The van der Waals surface area contributed by atoms with Crippen LogP contribution < -0.4 is 16.1 Å². The fourth-order valence-electron chi connectivity index (χ4n) is 1.40. The highest BCUT2D eigenvalue weighted by molar-refractivity contribution is 5.33. The Balaban J connectivity index is 3.26. The molecule has 0 fully saturated rings. The largest absolute Gasteiger partial charge is 0.392 e. The third kappa shape index (κ3) is 2.30. The summed E-state index contributed by atoms with van der Waals surface area (Å²) in [5.74, 6) is 0.144. The normalized spacial score (nSPS) is 12.6. The number of likely N-dealkylation sites (N-methyl/N-ethyl adjacent to an activating group) is 1. The van der Waals surface area contributed by atoms with Crippen LogP contribution in [0.1, 0.15) is 6.92 Å². The molecule has 1 N–H and O–H groups in total. The van der Waals surface area contributed by atoms with Gasteiger partial charge < -0.3 is 10.0 Å². The summed E-state index contributed by atoms with van der Waals surface area (Å²) < 4.78 is 2.08. The van der Waals surface area contributed by atoms with Gasteiger partial charge in [-0.1, -0.05) is 0 Å². The maximum absolute atomic E-state index is 11.7. The van der Waals surface area contributed by atoms with Gasteiger partial charge in [-0.3, -0.25) is 9.36 Å². The number of hydrogen-bond donors (Lipinski definition) is 1. The van der Waals surface area contributed by atoms with Gasteiger partial charge in [0.25, 0.3) is 5.56 Å². The number of hydrogen-bond acceptors (Lipinski definition) is 5. The minimum Gasteiger partial charge on any atom is -0.392 e. The topological polar surface area (TPSA) is 80.4 Å². The zero-order valence-corrected chi connectivity index (χ0v) is 9.84. The summed E-state index contributed by atoms with van der Waals surface area (Å²) in [6.07, 6.45) is -0.575. The van der Waals surface area contributed by atoms with Crippen LogP contribution in [0.3, 0.4) is 0 Å². The lowest BCUT2D eigenvalue weighted by atomic mass is 10.4. The maximum atomic E-state index is 11.7. The van der Waals surface area contributed by atoms with Crippen LogP contribution >= 0.6 is 0 Å². The van der Waals surface area contributed by atoms with Gasteiger partial charge in [-0.05, 0) is 6.92 Å². The molecule has 7 nitrogen and oxygen atoms in total. The predicted octanol–water partition coefficient (Wildman–Crippen LogP) is -1.70. The molecule has 1 rings (SSSR count). The summed E-state index contributed by atoms with van der Waals surface area (Å²) in [6, 6.07) is 0. The number of rotatable bonds is 3. The van der Waals surface area contributed by atoms with Crippen molar-refractivity contribution < 1.29 is 5.11 Å². The van der Waals surface area contributed by atoms with Crippen LogP contribution in [0.4, 0.5) is 5.82 Å². The van der Waals surface area contributed by atoms with Crippen LogP contribution in [0.25, 0.3) is 0 Å². The molecule has 0 aromatic carbocycles. The monoisotopic (exact) mass is 228 g/mol. The second-order valence-electron chi connectivity index (χ2n) is 3.82. The molecule has 0 amide bonds. The van der Waals surface area contributed by atoms with Crippen molar-refractivity contribution in [2.24, 2.45) is 14.1 Å². The van der Waals surface area contributed by atoms with Crippen LogP contribution in [0.2, 0.25) is 0 Å². The third-order valence-corrected chi connectivity index (χ3v) is 2.20. The first kappa shape index (κ1) is 12.4. The summed E-state index contributed by atoms with van der Waals surface area (Å²) in [7, 11) is 4.51. The van der Waals surface area contributed by atoms with Gasteiger partial charge in [-0.2, -0.15) is 0 Å². The smallest absolute Gasteiger partial charge is 0.346 e. The quantitative estimate of drug-likeness (QED) is 0.666. The van der Waals surface area contributed by atoms with E-state index in [0.29, 0.717) is 0 Å². The van der Waals surface area contributed by atoms with Crippen molar-refractivity contribution in [3.8, 4) is 0 Å². The first-order chi connectivity index (χ1) is 7.34. The summed E-state index contributed by atoms with van der Waals surface area (Å²) >= 11 is 0. The molecule has 1 unspecified atom stereocenters. The first-order valence-corrected chi connectivity index (χ1v) is 4.88. The van der Waals surface area contributed by atoms with E-state index in [1.54, 1.807) is 14.0 Å². The zero-order chi connectivity index (χ0) is 12.5. The second kappa shape index (κ2) is 4.48. The van der Waals surface area contributed by atoms with Crippen molar-refractivity contribution in [1.82, 2.24) is 14.3 Å². The first-order valence-electron chi connectivity index (χ1n) is 4.88. The molecule has 0 radical (unpaired) electrons. The molecule has 1 aromatic heterocycles. The Morgan fingerprint density at radius 1 is 1.44 bits per heavy atom. The molecule has 1 aromatic rings. The Morgan fingerprint density at radius 2 is 2.00 bits per heavy atom. The van der Waals surface area contributed by atoms with E-state index in [1.165, 1.54) is 19.0 Å². The predicted molar refractivity (Wildman–Crippen MR) is 59.7 cm³/mol. The molecule has 0 saturated carbocycles. The fraction of sp³-hybridized carbons (Fsp3) is 0.667. The highest BCUT2D eigenvalue weighted by Crippen LogP contribution is 1.99. The van der Waals surface area contributed by atoms with E-state index in [9.17, 15) is 14.7 Å². The molecule has 0 aliphatic rings. The second-order valence-corrected chi connectivity index (χ2v) is 3.82. The number of aliphatic hydroxyl groups excluding tert-OH is 1. The van der Waals surface area contributed by atoms with Crippen molar-refractivity contribution in [2.45, 2.75) is 13.0 Å². The van der Waals surface area contributed by atoms with Crippen LogP contribution in [0.15, 0.2) is 9.59 Å². The van der Waals surface area contributed by atoms with E-state index < -0.39 is 17.4 Å². The number of aromatic nitrogens is 3. The van der Waals surface area contributed by atoms with E-state index in [1.807, 2.05) is 0 Å². The van der Waals surface area contributed by atoms with Gasteiger partial charge in [-0.15, -0.1) is 5.10 Å². The molecule has 1 atom stereocenters. The zero-order valence-electron chi connectivity index (χ0n) is 9.84. The molecular weight excluding hydrogens is 212 g/mol. The summed E-state index contributed by atoms with van der Waals surface area (Å²) in [6.45, 7) is 1.89. The van der Waals surface area contributed by atoms with Gasteiger partial charge >= 0.3 is 5.69 Å². The Bertz CT molecular complexity index is 489. The summed E-state index contributed by atoms with van der Waals surface area (Å²) in [4.78, 5) is 24.6. The summed E-state index contributed by atoms with van der Waals surface area (Å²) in [5.41, 5.74) is -0.939. The lowest BCUT2D eigenvalue weighted by molar-refractivity contribution is 0.201. The van der Waals surface area contributed by atoms with Crippen molar-refractivity contribution >= 4 is 5.82 Å². The molecule has 90 valence electrons. The van der Waals surface area contributed by atoms with E-state index >= 15 is 0 Å². The Hall–Kier alpha value is -1.63. The Kier molecular flexibility index (Phi) is 3.48. The molecule has 7 heteroatoms. The van der Waals surface area contributed by atoms with Gasteiger partial charge in [0, 0.05) is 27.7 Å². The van der Waals surface area contributed by atoms with Crippen LogP contribution in [-0.4, -0.2) is 39.2 Å². The number of aryl methyl sites for hydroxylation is 1. The molecular formula is C9H16N4O3. The lowest BCUT2D eigenvalue weighted by Crippen LogP contribution is -2.43. The molecule has 1 heterocycles. The van der Waals surface area contributed by atoms with Crippen LogP contribution in [-0.2, 0) is 14.1 Å². The molecule has 0 saturated heterocycles. The summed E-state index contributed by atoms with van der Waals surface area (Å²) in [5, 5.41) is 13.1. The SMILES string of the molecule is CC(O)CN(C)c1nn(C)c(=O)n(C)c1=O. The highest BCUT2D eigenvalue weighted by atomic mass is 16.3. The van der Waals surface area contributed by atoms with E-state index in [-0.39, 0.29) is 12.4 Å². The van der Waals surface area contributed by atoms with Gasteiger partial charge in [-0.25, -0.2) is 9.48 Å². The van der Waals surface area contributed by atoms with Gasteiger partial charge in [0.1, 0.15) is 0 Å². The molecule has 0 spiro atoms. The van der Waals surface area contributed by atoms with Crippen molar-refractivity contribution in [3.63, 3.8) is 0 Å². The van der Waals surface area contributed by atoms with E-state index in [4.69, 9.17) is 0 Å². The average molecular weight is 228 g/mol. The molecule has 0 aliphatic carbocycles. The van der Waals surface area contributed by atoms with E-state index in [2.05, 4.69) is 5.10 Å². The van der Waals surface area contributed by atoms with Crippen molar-refractivity contribution in [1.29, 1.82) is 0 Å². The van der Waals surface area contributed by atoms with Crippen LogP contribution in [0, 0.1) is 0 Å². The van der Waals surface area contributed by atoms with Gasteiger partial charge in [0.15, 0.2) is 0 Å². The van der Waals surface area contributed by atoms with Crippen molar-refractivity contribution in [3.05, 3.63) is 20.8 Å². The van der Waals surface area contributed by atoms with Gasteiger partial charge in [0.05, 0.1) is 6.10 Å². The fourth-order valence-corrected chi connectivity index (χ4v) is 1.40. The van der Waals surface area contributed by atoms with E-state index in [0.717, 1.165) is 9.25 Å². The lowest BCUT2D eigenvalue weighted by Gasteiger charge is -2.19. The molecule has 16 heavy (non-hydrogen) atoms. The Labute approximate surface area is 92.5 Å². The highest BCUT2D eigenvalue weighted by Gasteiger charge is 2.13. The van der Waals surface area contributed by atoms with Crippen LogP contribution in [0.5, 0.6) is 0 Å². The standard InChI is InChI=1S/C9H16N4O3/c1-6(14)5-11(2)7-8(15)12(3)9(16)13(4)10-7/h6,14H,5H2,1-4H3. The minimum absolute atomic E-state index is 0.144. The average Bonchev–Trinajstić information content (AvgIpc) is 2.19. The van der Waals surface area contributed by atoms with Crippen molar-refractivity contribution in [2.75, 3.05) is 18.5 Å². The number of nitrogens with zero attached hydrogens (tertiary/aromatic N) is 4. The number of aliphatic hydroxyl groups is 1.